The van der Waals surface area contributed by atoms with Gasteiger partial charge in [0.15, 0.2) is 0 Å². The van der Waals surface area contributed by atoms with E-state index in [9.17, 15) is 18.0 Å². The van der Waals surface area contributed by atoms with Gasteiger partial charge in [-0.2, -0.15) is 18.2 Å². The zero-order valence-electron chi connectivity index (χ0n) is 26.0. The Hall–Kier alpha value is -4.93. The number of hydrogen-bond acceptors (Lipinski definition) is 7. The third kappa shape index (κ3) is 8.83. The molecule has 1 fully saturated rings. The second-order valence-electron chi connectivity index (χ2n) is 11.9. The molecule has 1 amide bonds. The van der Waals surface area contributed by atoms with E-state index in [1.165, 1.54) is 11.0 Å². The van der Waals surface area contributed by atoms with Gasteiger partial charge in [0.1, 0.15) is 24.5 Å². The first-order valence-electron chi connectivity index (χ1n) is 15.0. The Morgan fingerprint density at radius 3 is 2.00 bits per heavy atom. The van der Waals surface area contributed by atoms with Gasteiger partial charge in [0.05, 0.1) is 5.56 Å². The van der Waals surface area contributed by atoms with Gasteiger partial charge in [0.2, 0.25) is 11.8 Å². The van der Waals surface area contributed by atoms with Gasteiger partial charge in [-0.15, -0.1) is 0 Å². The lowest BCUT2D eigenvalue weighted by Gasteiger charge is -2.37. The number of alkyl halides is 3. The van der Waals surface area contributed by atoms with Crippen LogP contribution < -0.4 is 19.7 Å². The molecular weight excluding hydrogens is 597 g/mol. The molecule has 1 saturated heterocycles. The van der Waals surface area contributed by atoms with E-state index in [2.05, 4.69) is 10.3 Å². The van der Waals surface area contributed by atoms with Crippen LogP contribution in [0, 0.1) is 0 Å². The lowest BCUT2D eigenvalue weighted by atomic mass is 10.1. The quantitative estimate of drug-likeness (QED) is 0.200. The summed E-state index contributed by atoms with van der Waals surface area (Å²) in [5.41, 5.74) is 1.07. The molecule has 5 rings (SSSR count). The number of ether oxygens (including phenoxy) is 3. The highest BCUT2D eigenvalue weighted by atomic mass is 19.4. The molecule has 0 saturated carbocycles. The zero-order chi connectivity index (χ0) is 32.7. The van der Waals surface area contributed by atoms with Crippen LogP contribution in [0.5, 0.6) is 11.8 Å². The second-order valence-corrected chi connectivity index (χ2v) is 11.9. The molecule has 0 unspecified atom stereocenters. The first-order chi connectivity index (χ1) is 21.9. The van der Waals surface area contributed by atoms with Gasteiger partial charge in [-0.3, -0.25) is 0 Å². The number of aromatic nitrogens is 1. The number of carbonyl (C=O) groups is 1. The number of benzene rings is 3. The van der Waals surface area contributed by atoms with Crippen molar-refractivity contribution in [2.45, 2.75) is 45.8 Å². The molecule has 242 valence electrons. The van der Waals surface area contributed by atoms with Crippen molar-refractivity contribution in [1.29, 1.82) is 0 Å². The third-order valence-electron chi connectivity index (χ3n) is 7.14. The molecule has 0 bridgehead atoms. The summed E-state index contributed by atoms with van der Waals surface area (Å²) in [5.74, 6) is 0.500. The first-order valence-corrected chi connectivity index (χ1v) is 15.0. The minimum atomic E-state index is -4.62. The van der Waals surface area contributed by atoms with Crippen LogP contribution in [0.2, 0.25) is 0 Å². The Labute approximate surface area is 266 Å². The van der Waals surface area contributed by atoms with Gasteiger partial charge in [0.25, 0.3) is 0 Å². The first kappa shape index (κ1) is 32.5. The molecule has 0 atom stereocenters. The minimum absolute atomic E-state index is 0.0465. The van der Waals surface area contributed by atoms with Crippen molar-refractivity contribution in [3.8, 4) is 11.8 Å². The van der Waals surface area contributed by atoms with Crippen LogP contribution in [0.4, 0.5) is 35.0 Å². The summed E-state index contributed by atoms with van der Waals surface area (Å²) in [6, 6.07) is 26.5. The van der Waals surface area contributed by atoms with Gasteiger partial charge >= 0.3 is 12.3 Å². The number of amides is 1. The number of carbonyl (C=O) groups excluding carboxylic acids is 1. The zero-order valence-corrected chi connectivity index (χ0v) is 26.0. The van der Waals surface area contributed by atoms with Crippen molar-refractivity contribution < 1.29 is 32.2 Å². The van der Waals surface area contributed by atoms with E-state index in [0.29, 0.717) is 18.2 Å². The highest BCUT2D eigenvalue weighted by Crippen LogP contribution is 2.40. The maximum Gasteiger partial charge on any atom is 0.418 e. The highest BCUT2D eigenvalue weighted by Gasteiger charge is 2.36. The summed E-state index contributed by atoms with van der Waals surface area (Å²) in [5, 5.41) is 3.07. The van der Waals surface area contributed by atoms with Crippen molar-refractivity contribution >= 4 is 23.2 Å². The molecule has 8 nitrogen and oxygen atoms in total. The average molecular weight is 635 g/mol. The standard InChI is InChI=1S/C35H37F3N4O4/c1-34(2,3)46-33(43)42-20-18-41(19-21-42)30-16-14-27(22-28(30)35(36,37)38)39-29-15-17-31(44-23-25-10-6-4-7-11-25)40-32(29)45-24-26-12-8-5-9-13-26/h4-17,22,39H,18-21,23-24H2,1-3H3. The van der Waals surface area contributed by atoms with Crippen molar-refractivity contribution in [3.63, 3.8) is 0 Å². The fourth-order valence-electron chi connectivity index (χ4n) is 4.89. The summed E-state index contributed by atoms with van der Waals surface area (Å²) in [4.78, 5) is 20.1. The van der Waals surface area contributed by atoms with E-state index in [1.54, 1.807) is 43.9 Å². The second kappa shape index (κ2) is 14.0. The Bertz CT molecular complexity index is 1600. The summed E-state index contributed by atoms with van der Waals surface area (Å²) in [6.45, 7) is 6.78. The fourth-order valence-corrected chi connectivity index (χ4v) is 4.89. The fraction of sp³-hybridized carbons (Fsp3) is 0.314. The SMILES string of the molecule is CC(C)(C)OC(=O)N1CCN(c2ccc(Nc3ccc(OCc4ccccc4)nc3OCc3ccccc3)cc2C(F)(F)F)CC1. The Kier molecular flexibility index (Phi) is 9.89. The molecule has 1 aromatic heterocycles. The van der Waals surface area contributed by atoms with E-state index in [4.69, 9.17) is 14.2 Å². The lowest BCUT2D eigenvalue weighted by Crippen LogP contribution is -2.50. The van der Waals surface area contributed by atoms with Crippen LogP contribution in [-0.2, 0) is 24.1 Å². The van der Waals surface area contributed by atoms with Crippen LogP contribution in [-0.4, -0.2) is 47.8 Å². The van der Waals surface area contributed by atoms with E-state index in [0.717, 1.165) is 17.2 Å². The Balaban J connectivity index is 1.35. The van der Waals surface area contributed by atoms with Gasteiger partial charge in [0, 0.05) is 43.6 Å². The van der Waals surface area contributed by atoms with Gasteiger partial charge in [-0.05, 0) is 56.2 Å². The van der Waals surface area contributed by atoms with Crippen molar-refractivity contribution in [3.05, 3.63) is 108 Å². The van der Waals surface area contributed by atoms with Crippen LogP contribution in [0.25, 0.3) is 0 Å². The molecule has 4 aromatic rings. The molecule has 1 aliphatic heterocycles. The molecule has 2 heterocycles. The molecule has 3 aromatic carbocycles. The largest absolute Gasteiger partial charge is 0.473 e. The molecule has 1 aliphatic rings. The molecular formula is C35H37F3N4O4. The molecule has 0 radical (unpaired) electrons. The normalized spacial score (nSPS) is 13.7. The number of pyridine rings is 1. The molecule has 0 spiro atoms. The number of piperazine rings is 1. The van der Waals surface area contributed by atoms with E-state index >= 15 is 0 Å². The summed E-state index contributed by atoms with van der Waals surface area (Å²) < 4.78 is 60.5. The maximum absolute atomic E-state index is 14.4. The minimum Gasteiger partial charge on any atom is -0.473 e. The number of hydrogen-bond donors (Lipinski definition) is 1. The van der Waals surface area contributed by atoms with Crippen molar-refractivity contribution in [2.75, 3.05) is 36.4 Å². The number of nitrogens with one attached hydrogen (secondary N) is 1. The van der Waals surface area contributed by atoms with E-state index < -0.39 is 23.4 Å². The highest BCUT2D eigenvalue weighted by molar-refractivity contribution is 5.71. The monoisotopic (exact) mass is 634 g/mol. The Morgan fingerprint density at radius 2 is 1.41 bits per heavy atom. The number of anilines is 3. The van der Waals surface area contributed by atoms with Crippen LogP contribution in [0.15, 0.2) is 91.0 Å². The summed E-state index contributed by atoms with van der Waals surface area (Å²) in [7, 11) is 0. The topological polar surface area (TPSA) is 76.2 Å². The molecule has 1 N–H and O–H groups in total. The van der Waals surface area contributed by atoms with Crippen LogP contribution in [0.3, 0.4) is 0 Å². The van der Waals surface area contributed by atoms with Crippen LogP contribution in [0.1, 0.15) is 37.5 Å². The van der Waals surface area contributed by atoms with Crippen LogP contribution >= 0.6 is 0 Å². The summed E-state index contributed by atoms with van der Waals surface area (Å²) in [6.07, 6.45) is -5.09. The average Bonchev–Trinajstić information content (AvgIpc) is 3.03. The Morgan fingerprint density at radius 1 is 0.804 bits per heavy atom. The summed E-state index contributed by atoms with van der Waals surface area (Å²) >= 11 is 0. The molecule has 11 heteroatoms. The predicted molar refractivity (Wildman–Crippen MR) is 171 cm³/mol. The molecule has 46 heavy (non-hydrogen) atoms. The lowest BCUT2D eigenvalue weighted by molar-refractivity contribution is -0.137. The van der Waals surface area contributed by atoms with Crippen molar-refractivity contribution in [2.24, 2.45) is 0 Å². The smallest absolute Gasteiger partial charge is 0.418 e. The molecule has 0 aliphatic carbocycles. The van der Waals surface area contributed by atoms with Gasteiger partial charge in [-0.1, -0.05) is 60.7 Å². The number of nitrogens with zero attached hydrogens (tertiary/aromatic N) is 3. The van der Waals surface area contributed by atoms with Gasteiger partial charge < -0.3 is 29.3 Å². The number of halogens is 3. The van der Waals surface area contributed by atoms with E-state index in [1.807, 2.05) is 60.7 Å². The third-order valence-corrected chi connectivity index (χ3v) is 7.14. The van der Waals surface area contributed by atoms with Crippen molar-refractivity contribution in [1.82, 2.24) is 9.88 Å². The maximum atomic E-state index is 14.4. The van der Waals surface area contributed by atoms with E-state index in [-0.39, 0.29) is 50.0 Å². The number of rotatable bonds is 9. The predicted octanol–water partition coefficient (Wildman–Crippen LogP) is 8.06. The van der Waals surface area contributed by atoms with Gasteiger partial charge in [-0.25, -0.2) is 4.79 Å².